The molecule has 1 saturated carbocycles. The van der Waals surface area contributed by atoms with Crippen molar-refractivity contribution in [3.63, 3.8) is 0 Å². The summed E-state index contributed by atoms with van der Waals surface area (Å²) in [7, 11) is 0. The lowest BCUT2D eigenvalue weighted by atomic mass is 9.96. The quantitative estimate of drug-likeness (QED) is 0.839. The van der Waals surface area contributed by atoms with Crippen LogP contribution in [0.2, 0.25) is 0 Å². The standard InChI is InChI=1S/C18H23N3O2/c1-12-8-14(11-19-10-12)17(22)21-15-5-4-13(9-15)16(21)18(23)20-6-2-3-7-20/h8,10-11,13,15-16H,2-7,9H2,1H3. The first-order chi connectivity index (χ1) is 11.1. The van der Waals surface area contributed by atoms with Crippen LogP contribution in [0.4, 0.5) is 0 Å². The SMILES string of the molecule is Cc1cncc(C(=O)N2C3CCC(C3)C2C(=O)N2CCCC2)c1. The van der Waals surface area contributed by atoms with Gasteiger partial charge in [-0.3, -0.25) is 14.6 Å². The second-order valence-electron chi connectivity index (χ2n) is 7.17. The van der Waals surface area contributed by atoms with E-state index < -0.39 is 0 Å². The molecule has 3 unspecified atom stereocenters. The second kappa shape index (κ2) is 5.62. The van der Waals surface area contributed by atoms with Crippen molar-refractivity contribution in [1.82, 2.24) is 14.8 Å². The Morgan fingerprint density at radius 2 is 1.96 bits per heavy atom. The van der Waals surface area contributed by atoms with Crippen LogP contribution in [-0.2, 0) is 4.79 Å². The van der Waals surface area contributed by atoms with Crippen LogP contribution >= 0.6 is 0 Å². The van der Waals surface area contributed by atoms with Crippen molar-refractivity contribution < 1.29 is 9.59 Å². The number of piperidine rings is 1. The number of fused-ring (bicyclic) bond motifs is 2. The number of carbonyl (C=O) groups excluding carboxylic acids is 2. The molecule has 1 aliphatic carbocycles. The molecule has 23 heavy (non-hydrogen) atoms. The summed E-state index contributed by atoms with van der Waals surface area (Å²) in [6.07, 6.45) is 8.63. The molecule has 2 aliphatic heterocycles. The highest BCUT2D eigenvalue weighted by Crippen LogP contribution is 2.44. The minimum absolute atomic E-state index is 0.0223. The molecule has 2 saturated heterocycles. The van der Waals surface area contributed by atoms with Crippen LogP contribution in [-0.4, -0.2) is 51.8 Å². The Morgan fingerprint density at radius 3 is 2.70 bits per heavy atom. The first-order valence-corrected chi connectivity index (χ1v) is 8.68. The van der Waals surface area contributed by atoms with E-state index in [1.807, 2.05) is 22.8 Å². The molecule has 122 valence electrons. The van der Waals surface area contributed by atoms with Gasteiger partial charge < -0.3 is 9.80 Å². The summed E-state index contributed by atoms with van der Waals surface area (Å²) in [5.74, 6) is 0.490. The van der Waals surface area contributed by atoms with Gasteiger partial charge in [0, 0.05) is 31.5 Å². The molecule has 0 N–H and O–H groups in total. The molecule has 5 nitrogen and oxygen atoms in total. The van der Waals surface area contributed by atoms with Crippen LogP contribution in [0.15, 0.2) is 18.5 Å². The predicted molar refractivity (Wildman–Crippen MR) is 85.9 cm³/mol. The molecule has 0 spiro atoms. The molecule has 0 aromatic carbocycles. The Hall–Kier alpha value is -1.91. The van der Waals surface area contributed by atoms with Gasteiger partial charge in [0.05, 0.1) is 5.56 Å². The molecule has 2 bridgehead atoms. The monoisotopic (exact) mass is 313 g/mol. The van der Waals surface area contributed by atoms with E-state index in [9.17, 15) is 9.59 Å². The summed E-state index contributed by atoms with van der Waals surface area (Å²) < 4.78 is 0. The number of aryl methyl sites for hydroxylation is 1. The Kier molecular flexibility index (Phi) is 3.58. The molecule has 4 rings (SSSR count). The molecule has 3 atom stereocenters. The molecule has 0 radical (unpaired) electrons. The Labute approximate surface area is 136 Å². The van der Waals surface area contributed by atoms with Gasteiger partial charge in [0.2, 0.25) is 5.91 Å². The number of rotatable bonds is 2. The number of carbonyl (C=O) groups is 2. The van der Waals surface area contributed by atoms with E-state index in [2.05, 4.69) is 4.98 Å². The zero-order valence-corrected chi connectivity index (χ0v) is 13.6. The number of aromatic nitrogens is 1. The van der Waals surface area contributed by atoms with Crippen molar-refractivity contribution >= 4 is 11.8 Å². The minimum Gasteiger partial charge on any atom is -0.341 e. The fourth-order valence-corrected chi connectivity index (χ4v) is 4.54. The third-order valence-electron chi connectivity index (χ3n) is 5.61. The average molecular weight is 313 g/mol. The Morgan fingerprint density at radius 1 is 1.17 bits per heavy atom. The van der Waals surface area contributed by atoms with E-state index >= 15 is 0 Å². The lowest BCUT2D eigenvalue weighted by molar-refractivity contribution is -0.136. The normalized spacial score (nSPS) is 29.3. The van der Waals surface area contributed by atoms with E-state index in [-0.39, 0.29) is 23.9 Å². The van der Waals surface area contributed by atoms with E-state index in [0.717, 1.165) is 50.8 Å². The zero-order valence-electron chi connectivity index (χ0n) is 13.6. The molecule has 3 heterocycles. The van der Waals surface area contributed by atoms with E-state index in [0.29, 0.717) is 11.5 Å². The second-order valence-corrected chi connectivity index (χ2v) is 7.17. The average Bonchev–Trinajstić information content (AvgIpc) is 3.29. The topological polar surface area (TPSA) is 53.5 Å². The first kappa shape index (κ1) is 14.7. The van der Waals surface area contributed by atoms with Crippen molar-refractivity contribution in [2.45, 2.75) is 51.1 Å². The van der Waals surface area contributed by atoms with Gasteiger partial charge >= 0.3 is 0 Å². The van der Waals surface area contributed by atoms with Gasteiger partial charge in [0.1, 0.15) is 6.04 Å². The van der Waals surface area contributed by atoms with Gasteiger partial charge in [0.15, 0.2) is 0 Å². The van der Waals surface area contributed by atoms with Crippen LogP contribution < -0.4 is 0 Å². The maximum absolute atomic E-state index is 13.0. The van der Waals surface area contributed by atoms with Gasteiger partial charge in [0.25, 0.3) is 5.91 Å². The summed E-state index contributed by atoms with van der Waals surface area (Å²) in [6.45, 7) is 3.63. The smallest absolute Gasteiger partial charge is 0.256 e. The highest BCUT2D eigenvalue weighted by Gasteiger charge is 2.52. The van der Waals surface area contributed by atoms with Gasteiger partial charge in [-0.2, -0.15) is 0 Å². The number of pyridine rings is 1. The molecule has 1 aromatic rings. The number of likely N-dealkylation sites (tertiary alicyclic amines) is 2. The first-order valence-electron chi connectivity index (χ1n) is 8.68. The summed E-state index contributed by atoms with van der Waals surface area (Å²) in [4.78, 5) is 34.0. The number of amides is 2. The fraction of sp³-hybridized carbons (Fsp3) is 0.611. The van der Waals surface area contributed by atoms with Crippen molar-refractivity contribution in [2.75, 3.05) is 13.1 Å². The molecular formula is C18H23N3O2. The van der Waals surface area contributed by atoms with Gasteiger partial charge in [-0.15, -0.1) is 0 Å². The van der Waals surface area contributed by atoms with Crippen LogP contribution in [0.1, 0.15) is 48.0 Å². The van der Waals surface area contributed by atoms with Gasteiger partial charge in [-0.05, 0) is 56.6 Å². The number of nitrogens with zero attached hydrogens (tertiary/aromatic N) is 3. The van der Waals surface area contributed by atoms with Crippen molar-refractivity contribution in [1.29, 1.82) is 0 Å². The molecular weight excluding hydrogens is 290 g/mol. The lowest BCUT2D eigenvalue weighted by Crippen LogP contribution is -2.53. The molecule has 3 aliphatic rings. The highest BCUT2D eigenvalue weighted by molar-refractivity contribution is 5.98. The predicted octanol–water partition coefficient (Wildman–Crippen LogP) is 2.01. The van der Waals surface area contributed by atoms with Crippen LogP contribution in [0, 0.1) is 12.8 Å². The van der Waals surface area contributed by atoms with Crippen LogP contribution in [0.3, 0.4) is 0 Å². The van der Waals surface area contributed by atoms with Crippen LogP contribution in [0.5, 0.6) is 0 Å². The largest absolute Gasteiger partial charge is 0.341 e. The number of hydrogen-bond donors (Lipinski definition) is 0. The van der Waals surface area contributed by atoms with Crippen molar-refractivity contribution in [3.8, 4) is 0 Å². The molecule has 5 heteroatoms. The molecule has 1 aromatic heterocycles. The summed E-state index contributed by atoms with van der Waals surface area (Å²) in [6, 6.07) is 1.85. The van der Waals surface area contributed by atoms with Crippen molar-refractivity contribution in [2.24, 2.45) is 5.92 Å². The Balaban J connectivity index is 1.62. The zero-order chi connectivity index (χ0) is 16.0. The van der Waals surface area contributed by atoms with Crippen molar-refractivity contribution in [3.05, 3.63) is 29.6 Å². The highest BCUT2D eigenvalue weighted by atomic mass is 16.2. The fourth-order valence-electron chi connectivity index (χ4n) is 4.54. The maximum Gasteiger partial charge on any atom is 0.256 e. The van der Waals surface area contributed by atoms with E-state index in [1.165, 1.54) is 0 Å². The third-order valence-corrected chi connectivity index (χ3v) is 5.61. The van der Waals surface area contributed by atoms with E-state index in [1.54, 1.807) is 12.4 Å². The Bertz CT molecular complexity index is 639. The number of hydrogen-bond acceptors (Lipinski definition) is 3. The summed E-state index contributed by atoms with van der Waals surface area (Å²) in [5, 5.41) is 0. The van der Waals surface area contributed by atoms with Gasteiger partial charge in [-0.25, -0.2) is 0 Å². The summed E-state index contributed by atoms with van der Waals surface area (Å²) >= 11 is 0. The lowest BCUT2D eigenvalue weighted by Gasteiger charge is -2.36. The minimum atomic E-state index is -0.250. The molecule has 3 fully saturated rings. The van der Waals surface area contributed by atoms with E-state index in [4.69, 9.17) is 0 Å². The molecule has 2 amide bonds. The van der Waals surface area contributed by atoms with Gasteiger partial charge in [-0.1, -0.05) is 0 Å². The van der Waals surface area contributed by atoms with Crippen LogP contribution in [0.25, 0.3) is 0 Å². The summed E-state index contributed by atoms with van der Waals surface area (Å²) in [5.41, 5.74) is 1.58. The maximum atomic E-state index is 13.0. The third kappa shape index (κ3) is 2.42.